The zero-order valence-corrected chi connectivity index (χ0v) is 10.3. The van der Waals surface area contributed by atoms with Gasteiger partial charge >= 0.3 is 5.97 Å². The molecule has 1 heterocycles. The molecule has 0 saturated carbocycles. The predicted molar refractivity (Wildman–Crippen MR) is 67.6 cm³/mol. The number of carboxylic acid groups (broad SMARTS) is 1. The number of carboxylic acids is 1. The van der Waals surface area contributed by atoms with Crippen molar-refractivity contribution in [1.29, 1.82) is 0 Å². The molecule has 0 bridgehead atoms. The Labute approximate surface area is 109 Å². The fourth-order valence-corrected chi connectivity index (χ4v) is 1.71. The lowest BCUT2D eigenvalue weighted by Crippen LogP contribution is -2.49. The fraction of sp³-hybridized carbons (Fsp3) is 0.143. The molecule has 1 aromatic carbocycles. The molecule has 1 amide bonds. The first-order chi connectivity index (χ1) is 9.04. The van der Waals surface area contributed by atoms with E-state index in [1.165, 1.54) is 25.5 Å². The molecule has 5 heteroatoms. The lowest BCUT2D eigenvalue weighted by atomic mass is 9.92. The summed E-state index contributed by atoms with van der Waals surface area (Å²) in [6.07, 6.45) is 2.62. The van der Waals surface area contributed by atoms with Gasteiger partial charge in [0.25, 0.3) is 5.91 Å². The van der Waals surface area contributed by atoms with Crippen LogP contribution in [0.25, 0.3) is 0 Å². The number of carbonyl (C=O) groups is 2. The van der Waals surface area contributed by atoms with Crippen LogP contribution in [0, 0.1) is 0 Å². The molecule has 1 aromatic heterocycles. The maximum atomic E-state index is 12.0. The first-order valence-corrected chi connectivity index (χ1v) is 5.67. The SMILES string of the molecule is C[C@](NC(=O)c1ccoc1)(C(=O)O)c1ccccc1. The van der Waals surface area contributed by atoms with Gasteiger partial charge in [-0.25, -0.2) is 4.79 Å². The third kappa shape index (κ3) is 2.49. The number of furan rings is 1. The standard InChI is InChI=1S/C14H13NO4/c1-14(13(17)18,11-5-3-2-4-6-11)15-12(16)10-7-8-19-9-10/h2-9H,1H3,(H,15,16)(H,17,18)/t14-/m1/s1. The Morgan fingerprint density at radius 1 is 1.21 bits per heavy atom. The van der Waals surface area contributed by atoms with Crippen molar-refractivity contribution in [3.05, 3.63) is 60.1 Å². The van der Waals surface area contributed by atoms with E-state index in [2.05, 4.69) is 5.32 Å². The van der Waals surface area contributed by atoms with E-state index in [1.807, 2.05) is 0 Å². The van der Waals surface area contributed by atoms with E-state index in [1.54, 1.807) is 30.3 Å². The Hall–Kier alpha value is -2.56. The maximum absolute atomic E-state index is 12.0. The maximum Gasteiger partial charge on any atom is 0.333 e. The van der Waals surface area contributed by atoms with Crippen LogP contribution < -0.4 is 5.32 Å². The summed E-state index contributed by atoms with van der Waals surface area (Å²) in [4.78, 5) is 23.5. The van der Waals surface area contributed by atoms with E-state index in [0.29, 0.717) is 5.56 Å². The summed E-state index contributed by atoms with van der Waals surface area (Å²) >= 11 is 0. The molecule has 0 fully saturated rings. The van der Waals surface area contributed by atoms with Crippen LogP contribution >= 0.6 is 0 Å². The van der Waals surface area contributed by atoms with Crippen LogP contribution in [-0.4, -0.2) is 17.0 Å². The van der Waals surface area contributed by atoms with E-state index in [0.717, 1.165) is 0 Å². The van der Waals surface area contributed by atoms with E-state index < -0.39 is 17.4 Å². The van der Waals surface area contributed by atoms with Crippen LogP contribution in [-0.2, 0) is 10.3 Å². The van der Waals surface area contributed by atoms with Crippen LogP contribution in [0.5, 0.6) is 0 Å². The summed E-state index contributed by atoms with van der Waals surface area (Å²) in [5.74, 6) is -1.63. The van der Waals surface area contributed by atoms with Crippen molar-refractivity contribution in [3.8, 4) is 0 Å². The van der Waals surface area contributed by atoms with E-state index in [4.69, 9.17) is 4.42 Å². The van der Waals surface area contributed by atoms with Gasteiger partial charge < -0.3 is 14.8 Å². The highest BCUT2D eigenvalue weighted by Crippen LogP contribution is 2.21. The van der Waals surface area contributed by atoms with Crippen molar-refractivity contribution < 1.29 is 19.1 Å². The number of hydrogen-bond donors (Lipinski definition) is 2. The Balaban J connectivity index is 2.31. The number of hydrogen-bond acceptors (Lipinski definition) is 3. The zero-order chi connectivity index (χ0) is 13.9. The quantitative estimate of drug-likeness (QED) is 0.880. The molecule has 2 rings (SSSR count). The molecule has 0 aliphatic rings. The van der Waals surface area contributed by atoms with Crippen LogP contribution in [0.1, 0.15) is 22.8 Å². The van der Waals surface area contributed by atoms with E-state index >= 15 is 0 Å². The monoisotopic (exact) mass is 259 g/mol. The molecule has 1 atom stereocenters. The van der Waals surface area contributed by atoms with Gasteiger partial charge in [-0.2, -0.15) is 0 Å². The van der Waals surface area contributed by atoms with Crippen LogP contribution in [0.4, 0.5) is 0 Å². The summed E-state index contributed by atoms with van der Waals surface area (Å²) in [7, 11) is 0. The summed E-state index contributed by atoms with van der Waals surface area (Å²) in [5.41, 5.74) is -0.710. The molecular weight excluding hydrogens is 246 g/mol. The van der Waals surface area contributed by atoms with Crippen molar-refractivity contribution in [1.82, 2.24) is 5.32 Å². The molecule has 2 N–H and O–H groups in total. The van der Waals surface area contributed by atoms with E-state index in [-0.39, 0.29) is 5.56 Å². The molecule has 5 nitrogen and oxygen atoms in total. The smallest absolute Gasteiger partial charge is 0.333 e. The lowest BCUT2D eigenvalue weighted by molar-refractivity contribution is -0.144. The number of carbonyl (C=O) groups excluding carboxylic acids is 1. The van der Waals surface area contributed by atoms with Gasteiger partial charge in [-0.3, -0.25) is 4.79 Å². The third-order valence-electron chi connectivity index (χ3n) is 2.93. The van der Waals surface area contributed by atoms with Gasteiger partial charge in [0.05, 0.1) is 11.8 Å². The molecule has 0 saturated heterocycles. The van der Waals surface area contributed by atoms with Gasteiger partial charge in [0.1, 0.15) is 6.26 Å². The molecule has 98 valence electrons. The summed E-state index contributed by atoms with van der Waals surface area (Å²) in [6, 6.07) is 10.0. The average Bonchev–Trinajstić information content (AvgIpc) is 2.93. The Bertz CT molecular complexity index is 577. The number of benzene rings is 1. The second-order valence-corrected chi connectivity index (χ2v) is 4.26. The number of aliphatic carboxylic acids is 1. The summed E-state index contributed by atoms with van der Waals surface area (Å²) in [6.45, 7) is 1.45. The average molecular weight is 259 g/mol. The van der Waals surface area contributed by atoms with Crippen LogP contribution in [0.3, 0.4) is 0 Å². The second-order valence-electron chi connectivity index (χ2n) is 4.26. The van der Waals surface area contributed by atoms with E-state index in [9.17, 15) is 14.7 Å². The third-order valence-corrected chi connectivity index (χ3v) is 2.93. The minimum Gasteiger partial charge on any atom is -0.479 e. The second kappa shape index (κ2) is 4.97. The van der Waals surface area contributed by atoms with Crippen molar-refractivity contribution in [2.24, 2.45) is 0 Å². The first-order valence-electron chi connectivity index (χ1n) is 5.67. The van der Waals surface area contributed by atoms with Gasteiger partial charge in [0.15, 0.2) is 5.54 Å². The Morgan fingerprint density at radius 3 is 2.42 bits per heavy atom. The molecular formula is C14H13NO4. The van der Waals surface area contributed by atoms with Gasteiger partial charge in [-0.15, -0.1) is 0 Å². The normalized spacial score (nSPS) is 13.5. The highest BCUT2D eigenvalue weighted by atomic mass is 16.4. The van der Waals surface area contributed by atoms with Gasteiger partial charge in [0, 0.05) is 0 Å². The minimum absolute atomic E-state index is 0.281. The largest absolute Gasteiger partial charge is 0.479 e. The van der Waals surface area contributed by atoms with Gasteiger partial charge in [-0.05, 0) is 18.6 Å². The van der Waals surface area contributed by atoms with Crippen molar-refractivity contribution >= 4 is 11.9 Å². The minimum atomic E-state index is -1.49. The number of nitrogens with one attached hydrogen (secondary N) is 1. The first kappa shape index (κ1) is 12.9. The molecule has 0 aliphatic heterocycles. The van der Waals surface area contributed by atoms with Crippen LogP contribution in [0.2, 0.25) is 0 Å². The van der Waals surface area contributed by atoms with Crippen LogP contribution in [0.15, 0.2) is 53.3 Å². The van der Waals surface area contributed by atoms with Gasteiger partial charge in [0.2, 0.25) is 0 Å². The molecule has 19 heavy (non-hydrogen) atoms. The molecule has 0 radical (unpaired) electrons. The Kier molecular flexibility index (Phi) is 3.37. The summed E-state index contributed by atoms with van der Waals surface area (Å²) in [5, 5.41) is 11.9. The number of amides is 1. The summed E-state index contributed by atoms with van der Waals surface area (Å²) < 4.78 is 4.81. The highest BCUT2D eigenvalue weighted by Gasteiger charge is 2.37. The molecule has 0 aliphatic carbocycles. The Morgan fingerprint density at radius 2 is 1.89 bits per heavy atom. The highest BCUT2D eigenvalue weighted by molar-refractivity contribution is 5.97. The van der Waals surface area contributed by atoms with Crippen molar-refractivity contribution in [2.45, 2.75) is 12.5 Å². The molecule has 2 aromatic rings. The lowest BCUT2D eigenvalue weighted by Gasteiger charge is -2.26. The molecule has 0 spiro atoms. The topological polar surface area (TPSA) is 79.5 Å². The van der Waals surface area contributed by atoms with Gasteiger partial charge in [-0.1, -0.05) is 30.3 Å². The fourth-order valence-electron chi connectivity index (χ4n) is 1.71. The van der Waals surface area contributed by atoms with Crippen molar-refractivity contribution in [3.63, 3.8) is 0 Å². The predicted octanol–water partition coefficient (Wildman–Crippen LogP) is 2.01. The molecule has 0 unspecified atom stereocenters. The zero-order valence-electron chi connectivity index (χ0n) is 10.3. The number of rotatable bonds is 4. The van der Waals surface area contributed by atoms with Crippen molar-refractivity contribution in [2.75, 3.05) is 0 Å².